The third kappa shape index (κ3) is 4.28. The third-order valence-corrected chi connectivity index (χ3v) is 6.74. The SMILES string of the molecule is CCN(CC)CCCN1C(=Nc2cccnc2)SCC1(O)c1cccs1. The summed E-state index contributed by atoms with van der Waals surface area (Å²) in [6, 6.07) is 7.83. The van der Waals surface area contributed by atoms with Gasteiger partial charge >= 0.3 is 0 Å². The lowest BCUT2D eigenvalue weighted by Gasteiger charge is -2.34. The summed E-state index contributed by atoms with van der Waals surface area (Å²) >= 11 is 3.21. The molecule has 1 aliphatic rings. The Labute approximate surface area is 163 Å². The molecule has 2 aromatic heterocycles. The minimum atomic E-state index is -0.983. The zero-order valence-electron chi connectivity index (χ0n) is 15.3. The maximum atomic E-state index is 11.4. The fourth-order valence-corrected chi connectivity index (χ4v) is 5.22. The number of hydrogen-bond donors (Lipinski definition) is 1. The van der Waals surface area contributed by atoms with Crippen LogP contribution in [0.2, 0.25) is 0 Å². The first-order valence-electron chi connectivity index (χ1n) is 9.05. The number of thioether (sulfide) groups is 1. The fraction of sp³-hybridized carbons (Fsp3) is 0.474. The molecule has 1 unspecified atom stereocenters. The maximum Gasteiger partial charge on any atom is 0.185 e. The van der Waals surface area contributed by atoms with Crippen LogP contribution in [-0.2, 0) is 5.72 Å². The summed E-state index contributed by atoms with van der Waals surface area (Å²) in [5, 5.41) is 14.3. The van der Waals surface area contributed by atoms with Crippen LogP contribution in [0.15, 0.2) is 47.0 Å². The molecule has 0 aliphatic carbocycles. The first kappa shape index (κ1) is 19.4. The Morgan fingerprint density at radius 2 is 2.15 bits per heavy atom. The van der Waals surface area contributed by atoms with Crippen LogP contribution in [0.5, 0.6) is 0 Å². The van der Waals surface area contributed by atoms with Crippen molar-refractivity contribution < 1.29 is 5.11 Å². The highest BCUT2D eigenvalue weighted by atomic mass is 32.2. The van der Waals surface area contributed by atoms with Crippen LogP contribution in [0.4, 0.5) is 5.69 Å². The van der Waals surface area contributed by atoms with Gasteiger partial charge in [-0.1, -0.05) is 31.7 Å². The summed E-state index contributed by atoms with van der Waals surface area (Å²) in [6.45, 7) is 8.28. The molecule has 7 heteroatoms. The predicted octanol–water partition coefficient (Wildman–Crippen LogP) is 3.76. The molecule has 0 saturated carbocycles. The monoisotopic (exact) mass is 390 g/mol. The average molecular weight is 391 g/mol. The first-order chi connectivity index (χ1) is 12.7. The van der Waals surface area contributed by atoms with Crippen LogP contribution in [0.1, 0.15) is 25.1 Å². The number of aliphatic imine (C=N–C) groups is 1. The van der Waals surface area contributed by atoms with Gasteiger partial charge in [0.2, 0.25) is 0 Å². The molecule has 1 saturated heterocycles. The molecule has 1 fully saturated rings. The molecular weight excluding hydrogens is 364 g/mol. The predicted molar refractivity (Wildman–Crippen MR) is 111 cm³/mol. The number of aliphatic hydroxyl groups is 1. The van der Waals surface area contributed by atoms with Gasteiger partial charge in [-0.05, 0) is 49.6 Å². The van der Waals surface area contributed by atoms with Crippen molar-refractivity contribution in [2.45, 2.75) is 26.0 Å². The van der Waals surface area contributed by atoms with Gasteiger partial charge in [-0.25, -0.2) is 4.99 Å². The van der Waals surface area contributed by atoms with Crippen LogP contribution in [0.25, 0.3) is 0 Å². The summed E-state index contributed by atoms with van der Waals surface area (Å²) < 4.78 is 0. The molecule has 0 aromatic carbocycles. The van der Waals surface area contributed by atoms with Crippen LogP contribution in [-0.4, -0.2) is 57.0 Å². The van der Waals surface area contributed by atoms with Gasteiger partial charge in [-0.2, -0.15) is 0 Å². The molecule has 0 radical (unpaired) electrons. The highest BCUT2D eigenvalue weighted by molar-refractivity contribution is 8.14. The summed E-state index contributed by atoms with van der Waals surface area (Å²) in [6.07, 6.45) is 4.49. The van der Waals surface area contributed by atoms with Crippen LogP contribution < -0.4 is 0 Å². The second-order valence-electron chi connectivity index (χ2n) is 6.22. The van der Waals surface area contributed by atoms with E-state index in [2.05, 4.69) is 28.6 Å². The van der Waals surface area contributed by atoms with E-state index in [9.17, 15) is 5.11 Å². The molecular formula is C19H26N4OS2. The Kier molecular flexibility index (Phi) is 6.69. The lowest BCUT2D eigenvalue weighted by Crippen LogP contribution is -2.45. The molecule has 1 atom stereocenters. The average Bonchev–Trinajstić information content (AvgIpc) is 3.31. The number of thiophene rings is 1. The second-order valence-corrected chi connectivity index (χ2v) is 8.11. The topological polar surface area (TPSA) is 52.0 Å². The minimum absolute atomic E-state index is 0.595. The lowest BCUT2D eigenvalue weighted by molar-refractivity contribution is -0.0455. The molecule has 0 amide bonds. The molecule has 1 N–H and O–H groups in total. The highest BCUT2D eigenvalue weighted by Gasteiger charge is 2.45. The first-order valence-corrected chi connectivity index (χ1v) is 10.9. The van der Waals surface area contributed by atoms with Crippen LogP contribution in [0.3, 0.4) is 0 Å². The largest absolute Gasteiger partial charge is 0.365 e. The molecule has 1 aliphatic heterocycles. The van der Waals surface area contributed by atoms with Crippen molar-refractivity contribution in [2.24, 2.45) is 4.99 Å². The molecule has 5 nitrogen and oxygen atoms in total. The van der Waals surface area contributed by atoms with E-state index in [1.165, 1.54) is 0 Å². The van der Waals surface area contributed by atoms with Crippen molar-refractivity contribution in [3.63, 3.8) is 0 Å². The van der Waals surface area contributed by atoms with E-state index in [4.69, 9.17) is 4.99 Å². The smallest absolute Gasteiger partial charge is 0.185 e. The van der Waals surface area contributed by atoms with Gasteiger partial charge in [0.15, 0.2) is 10.9 Å². The number of aromatic nitrogens is 1. The molecule has 2 aromatic rings. The van der Waals surface area contributed by atoms with Crippen molar-refractivity contribution in [3.8, 4) is 0 Å². The zero-order chi connectivity index (χ0) is 18.4. The number of hydrogen-bond acceptors (Lipinski definition) is 6. The van der Waals surface area contributed by atoms with E-state index in [0.717, 1.165) is 48.3 Å². The third-order valence-electron chi connectivity index (χ3n) is 4.62. The quantitative estimate of drug-likeness (QED) is 0.744. The van der Waals surface area contributed by atoms with Gasteiger partial charge in [0.1, 0.15) is 0 Å². The van der Waals surface area contributed by atoms with E-state index in [-0.39, 0.29) is 0 Å². The van der Waals surface area contributed by atoms with E-state index in [0.29, 0.717) is 5.75 Å². The van der Waals surface area contributed by atoms with Gasteiger partial charge in [-0.15, -0.1) is 11.3 Å². The number of nitrogens with zero attached hydrogens (tertiary/aromatic N) is 4. The minimum Gasteiger partial charge on any atom is -0.365 e. The molecule has 3 rings (SSSR count). The Morgan fingerprint density at radius 1 is 1.31 bits per heavy atom. The van der Waals surface area contributed by atoms with Crippen molar-refractivity contribution in [1.29, 1.82) is 0 Å². The number of pyridine rings is 1. The fourth-order valence-electron chi connectivity index (χ4n) is 3.09. The van der Waals surface area contributed by atoms with Crippen molar-refractivity contribution >= 4 is 34.0 Å². The summed E-state index contributed by atoms with van der Waals surface area (Å²) in [5.74, 6) is 0.595. The van der Waals surface area contributed by atoms with E-state index in [1.807, 2.05) is 29.6 Å². The van der Waals surface area contributed by atoms with Gasteiger partial charge < -0.3 is 14.9 Å². The van der Waals surface area contributed by atoms with Gasteiger partial charge in [-0.3, -0.25) is 4.98 Å². The normalized spacial score (nSPS) is 21.8. The van der Waals surface area contributed by atoms with Gasteiger partial charge in [0.05, 0.1) is 22.5 Å². The molecule has 0 spiro atoms. The van der Waals surface area contributed by atoms with E-state index in [1.54, 1.807) is 35.5 Å². The molecule has 0 bridgehead atoms. The van der Waals surface area contributed by atoms with Gasteiger partial charge in [0.25, 0.3) is 0 Å². The summed E-state index contributed by atoms with van der Waals surface area (Å²) in [4.78, 5) is 14.4. The number of rotatable bonds is 8. The Morgan fingerprint density at radius 3 is 2.81 bits per heavy atom. The van der Waals surface area contributed by atoms with Gasteiger partial charge in [0, 0.05) is 12.7 Å². The Balaban J connectivity index is 1.81. The van der Waals surface area contributed by atoms with E-state index < -0.39 is 5.72 Å². The lowest BCUT2D eigenvalue weighted by atomic mass is 10.1. The number of amidine groups is 1. The highest BCUT2D eigenvalue weighted by Crippen LogP contribution is 2.41. The molecule has 3 heterocycles. The molecule has 26 heavy (non-hydrogen) atoms. The van der Waals surface area contributed by atoms with Crippen molar-refractivity contribution in [2.75, 3.05) is 31.9 Å². The summed E-state index contributed by atoms with van der Waals surface area (Å²) in [5.41, 5.74) is -0.164. The molecule has 140 valence electrons. The Bertz CT molecular complexity index is 704. The van der Waals surface area contributed by atoms with Crippen LogP contribution in [0, 0.1) is 0 Å². The standard InChI is InChI=1S/C19H26N4OS2/c1-3-22(4-2)11-7-12-23-18(21-16-8-5-10-20-14-16)26-15-19(23,24)17-9-6-13-25-17/h5-6,8-10,13-14,24H,3-4,7,11-12,15H2,1-2H3. The van der Waals surface area contributed by atoms with Crippen molar-refractivity contribution in [1.82, 2.24) is 14.8 Å². The van der Waals surface area contributed by atoms with E-state index >= 15 is 0 Å². The van der Waals surface area contributed by atoms with Crippen molar-refractivity contribution in [3.05, 3.63) is 46.9 Å². The maximum absolute atomic E-state index is 11.4. The zero-order valence-corrected chi connectivity index (χ0v) is 17.0. The Hall–Kier alpha value is -1.41. The second kappa shape index (κ2) is 8.99. The summed E-state index contributed by atoms with van der Waals surface area (Å²) in [7, 11) is 0. The van der Waals surface area contributed by atoms with Crippen LogP contribution >= 0.6 is 23.1 Å².